The predicted octanol–water partition coefficient (Wildman–Crippen LogP) is 2.73. The van der Waals surface area contributed by atoms with E-state index < -0.39 is 0 Å². The van der Waals surface area contributed by atoms with Crippen LogP contribution in [0.3, 0.4) is 0 Å². The standard InChI is InChI=1S/C16H24N4/c1-3-9-20-15(12-13-6-10-19(2)11-7-13)18-14-5-4-8-17-16(14)20/h4-5,8,13H,3,6-7,9-12H2,1-2H3. The molecule has 108 valence electrons. The lowest BCUT2D eigenvalue weighted by Crippen LogP contribution is -2.31. The van der Waals surface area contributed by atoms with Crippen LogP contribution in [0.15, 0.2) is 18.3 Å². The topological polar surface area (TPSA) is 34.0 Å². The van der Waals surface area contributed by atoms with Gasteiger partial charge in [0.05, 0.1) is 0 Å². The fourth-order valence-corrected chi connectivity index (χ4v) is 3.14. The third-order valence-electron chi connectivity index (χ3n) is 4.34. The Morgan fingerprint density at radius 1 is 1.30 bits per heavy atom. The molecule has 0 amide bonds. The number of hydrogen-bond donors (Lipinski definition) is 0. The Hall–Kier alpha value is -1.42. The quantitative estimate of drug-likeness (QED) is 0.858. The van der Waals surface area contributed by atoms with Gasteiger partial charge in [-0.25, -0.2) is 9.97 Å². The maximum atomic E-state index is 4.83. The van der Waals surface area contributed by atoms with E-state index in [-0.39, 0.29) is 0 Å². The van der Waals surface area contributed by atoms with Crippen LogP contribution in [0.25, 0.3) is 11.2 Å². The first kappa shape index (κ1) is 13.6. The Bertz CT molecular complexity index is 567. The summed E-state index contributed by atoms with van der Waals surface area (Å²) in [4.78, 5) is 11.8. The average molecular weight is 272 g/mol. The molecule has 0 aromatic carbocycles. The highest BCUT2D eigenvalue weighted by atomic mass is 15.1. The molecule has 3 rings (SSSR count). The average Bonchev–Trinajstić information content (AvgIpc) is 2.80. The molecule has 2 aromatic rings. The van der Waals surface area contributed by atoms with E-state index in [9.17, 15) is 0 Å². The number of imidazole rings is 1. The van der Waals surface area contributed by atoms with Gasteiger partial charge in [-0.2, -0.15) is 0 Å². The van der Waals surface area contributed by atoms with Gasteiger partial charge in [-0.3, -0.25) is 0 Å². The van der Waals surface area contributed by atoms with Crippen LogP contribution in [0.1, 0.15) is 32.0 Å². The fraction of sp³-hybridized carbons (Fsp3) is 0.625. The van der Waals surface area contributed by atoms with Crippen LogP contribution in [0.5, 0.6) is 0 Å². The van der Waals surface area contributed by atoms with Crippen molar-refractivity contribution < 1.29 is 0 Å². The van der Waals surface area contributed by atoms with Crippen molar-refractivity contribution in [2.75, 3.05) is 20.1 Å². The molecule has 3 heterocycles. The molecule has 0 N–H and O–H groups in total. The van der Waals surface area contributed by atoms with Crippen LogP contribution in [0.2, 0.25) is 0 Å². The van der Waals surface area contributed by atoms with Gasteiger partial charge < -0.3 is 9.47 Å². The van der Waals surface area contributed by atoms with Crippen LogP contribution < -0.4 is 0 Å². The Labute approximate surface area is 120 Å². The van der Waals surface area contributed by atoms with Gasteiger partial charge in [0.25, 0.3) is 0 Å². The van der Waals surface area contributed by atoms with Gasteiger partial charge in [-0.1, -0.05) is 6.92 Å². The van der Waals surface area contributed by atoms with E-state index >= 15 is 0 Å². The zero-order valence-corrected chi connectivity index (χ0v) is 12.5. The van der Waals surface area contributed by atoms with Crippen molar-refractivity contribution >= 4 is 11.2 Å². The summed E-state index contributed by atoms with van der Waals surface area (Å²) in [5.74, 6) is 2.01. The molecule has 0 bridgehead atoms. The first-order valence-electron chi connectivity index (χ1n) is 7.76. The lowest BCUT2D eigenvalue weighted by Gasteiger charge is -2.28. The van der Waals surface area contributed by atoms with E-state index in [0.29, 0.717) is 0 Å². The first-order chi connectivity index (χ1) is 9.78. The van der Waals surface area contributed by atoms with Crippen molar-refractivity contribution in [3.8, 4) is 0 Å². The maximum Gasteiger partial charge on any atom is 0.159 e. The summed E-state index contributed by atoms with van der Waals surface area (Å²) in [6.07, 6.45) is 6.68. The summed E-state index contributed by atoms with van der Waals surface area (Å²) in [6, 6.07) is 4.05. The number of rotatable bonds is 4. The molecule has 2 aromatic heterocycles. The van der Waals surface area contributed by atoms with Gasteiger partial charge in [0, 0.05) is 19.2 Å². The molecule has 20 heavy (non-hydrogen) atoms. The van der Waals surface area contributed by atoms with Crippen LogP contribution >= 0.6 is 0 Å². The van der Waals surface area contributed by atoms with Gasteiger partial charge in [0.2, 0.25) is 0 Å². The number of piperidine rings is 1. The lowest BCUT2D eigenvalue weighted by atomic mass is 9.93. The Morgan fingerprint density at radius 2 is 2.10 bits per heavy atom. The van der Waals surface area contributed by atoms with Gasteiger partial charge in [0.15, 0.2) is 5.65 Å². The number of aryl methyl sites for hydroxylation is 1. The molecule has 0 radical (unpaired) electrons. The molecule has 0 aliphatic carbocycles. The van der Waals surface area contributed by atoms with Crippen molar-refractivity contribution in [1.29, 1.82) is 0 Å². The van der Waals surface area contributed by atoms with Crippen LogP contribution in [0.4, 0.5) is 0 Å². The molecule has 1 fully saturated rings. The minimum absolute atomic E-state index is 0.776. The summed E-state index contributed by atoms with van der Waals surface area (Å²) in [6.45, 7) is 5.68. The molecule has 0 saturated carbocycles. The van der Waals surface area contributed by atoms with Crippen molar-refractivity contribution in [1.82, 2.24) is 19.4 Å². The SMILES string of the molecule is CCCn1c(CC2CCN(C)CC2)nc2cccnc21. The van der Waals surface area contributed by atoms with E-state index in [1.54, 1.807) is 0 Å². The molecule has 0 atom stereocenters. The highest BCUT2D eigenvalue weighted by molar-refractivity contribution is 5.71. The van der Waals surface area contributed by atoms with Crippen molar-refractivity contribution in [3.05, 3.63) is 24.2 Å². The zero-order chi connectivity index (χ0) is 13.9. The minimum Gasteiger partial charge on any atom is -0.313 e. The van der Waals surface area contributed by atoms with E-state index in [4.69, 9.17) is 4.98 Å². The molecule has 1 aliphatic heterocycles. The molecule has 0 unspecified atom stereocenters. The predicted molar refractivity (Wildman–Crippen MR) is 81.7 cm³/mol. The van der Waals surface area contributed by atoms with Crippen LogP contribution in [-0.4, -0.2) is 39.6 Å². The summed E-state index contributed by atoms with van der Waals surface area (Å²) < 4.78 is 2.33. The fourth-order valence-electron chi connectivity index (χ4n) is 3.14. The molecule has 1 aliphatic rings. The van der Waals surface area contributed by atoms with E-state index in [0.717, 1.165) is 36.5 Å². The smallest absolute Gasteiger partial charge is 0.159 e. The van der Waals surface area contributed by atoms with Crippen LogP contribution in [0, 0.1) is 5.92 Å². The largest absolute Gasteiger partial charge is 0.313 e. The molecule has 1 saturated heterocycles. The second kappa shape index (κ2) is 5.92. The Morgan fingerprint density at radius 3 is 2.85 bits per heavy atom. The second-order valence-electron chi connectivity index (χ2n) is 5.98. The van der Waals surface area contributed by atoms with Crippen molar-refractivity contribution in [2.24, 2.45) is 5.92 Å². The van der Waals surface area contributed by atoms with E-state index in [1.165, 1.54) is 31.8 Å². The van der Waals surface area contributed by atoms with E-state index in [1.807, 2.05) is 12.3 Å². The molecular weight excluding hydrogens is 248 g/mol. The minimum atomic E-state index is 0.776. The second-order valence-corrected chi connectivity index (χ2v) is 5.98. The van der Waals surface area contributed by atoms with Gasteiger partial charge in [-0.05, 0) is 57.5 Å². The summed E-state index contributed by atoms with van der Waals surface area (Å²) >= 11 is 0. The van der Waals surface area contributed by atoms with Crippen LogP contribution in [-0.2, 0) is 13.0 Å². The van der Waals surface area contributed by atoms with Gasteiger partial charge >= 0.3 is 0 Å². The van der Waals surface area contributed by atoms with Gasteiger partial charge in [-0.15, -0.1) is 0 Å². The first-order valence-corrected chi connectivity index (χ1v) is 7.76. The summed E-state index contributed by atoms with van der Waals surface area (Å²) in [5, 5.41) is 0. The normalized spacial score (nSPS) is 17.9. The Balaban J connectivity index is 1.84. The summed E-state index contributed by atoms with van der Waals surface area (Å²) in [5.41, 5.74) is 2.10. The highest BCUT2D eigenvalue weighted by Crippen LogP contribution is 2.23. The molecule has 4 nitrogen and oxygen atoms in total. The van der Waals surface area contributed by atoms with Crippen molar-refractivity contribution in [3.63, 3.8) is 0 Å². The monoisotopic (exact) mass is 272 g/mol. The molecular formula is C16H24N4. The maximum absolute atomic E-state index is 4.83. The number of aromatic nitrogens is 3. The molecule has 0 spiro atoms. The highest BCUT2D eigenvalue weighted by Gasteiger charge is 2.20. The summed E-state index contributed by atoms with van der Waals surface area (Å²) in [7, 11) is 2.21. The third-order valence-corrected chi connectivity index (χ3v) is 4.34. The third kappa shape index (κ3) is 2.70. The molecule has 4 heteroatoms. The van der Waals surface area contributed by atoms with Crippen molar-refractivity contribution in [2.45, 2.75) is 39.2 Å². The number of likely N-dealkylation sites (tertiary alicyclic amines) is 1. The number of fused-ring (bicyclic) bond motifs is 1. The lowest BCUT2D eigenvalue weighted by molar-refractivity contribution is 0.216. The number of pyridine rings is 1. The van der Waals surface area contributed by atoms with Gasteiger partial charge in [0.1, 0.15) is 11.3 Å². The number of nitrogens with zero attached hydrogens (tertiary/aromatic N) is 4. The zero-order valence-electron chi connectivity index (χ0n) is 12.5. The Kier molecular flexibility index (Phi) is 4.01. The van der Waals surface area contributed by atoms with E-state index in [2.05, 4.69) is 34.5 Å². The number of hydrogen-bond acceptors (Lipinski definition) is 3.